The Kier molecular flexibility index (Phi) is 10.5. The number of hydrogen-bond acceptors (Lipinski definition) is 2. The Bertz CT molecular complexity index is 2940. The first-order chi connectivity index (χ1) is 30.4. The van der Waals surface area contributed by atoms with Crippen LogP contribution in [-0.2, 0) is 27.1 Å². The first kappa shape index (κ1) is 44.4. The van der Waals surface area contributed by atoms with Gasteiger partial charge in [0.15, 0.2) is 0 Å². The van der Waals surface area contributed by atoms with Gasteiger partial charge < -0.3 is 9.80 Å². The third-order valence-corrected chi connectivity index (χ3v) is 14.4. The number of aryl methyl sites for hydroxylation is 1. The van der Waals surface area contributed by atoms with Gasteiger partial charge in [-0.2, -0.15) is 0 Å². The second-order valence-corrected chi connectivity index (χ2v) is 23.7. The van der Waals surface area contributed by atoms with Crippen LogP contribution in [0.2, 0.25) is 0 Å². The summed E-state index contributed by atoms with van der Waals surface area (Å²) in [7, 11) is 0. The van der Waals surface area contributed by atoms with Crippen LogP contribution in [0.25, 0.3) is 11.1 Å². The van der Waals surface area contributed by atoms with Crippen molar-refractivity contribution in [1.29, 1.82) is 0 Å². The largest absolute Gasteiger partial charge is 0.311 e. The van der Waals surface area contributed by atoms with Gasteiger partial charge in [-0.05, 0) is 138 Å². The maximum atomic E-state index is 2.61. The maximum absolute atomic E-state index is 2.61. The lowest BCUT2D eigenvalue weighted by Crippen LogP contribution is -2.61. The van der Waals surface area contributed by atoms with Crippen molar-refractivity contribution in [2.45, 2.75) is 131 Å². The standard InChI is InChI=1S/C62H69BN2/c1-40-34-55-57-56(35-40)65(52-31-28-47(37-49(52)41-20-17-16-18-21-41)62(14,15)46-23-19-22-43(36-46)59(5,6)7)54-33-27-45(61(11,12)13)39-51(54)63(57)50-38-44(60(8,9)10)26-32-53(50)64(55)48-29-24-42(25-30-48)58(2,3)4/h16-39H,1-15H3. The first-order valence-electron chi connectivity index (χ1n) is 23.9. The Morgan fingerprint density at radius 3 is 1.35 bits per heavy atom. The molecule has 0 amide bonds. The highest BCUT2D eigenvalue weighted by molar-refractivity contribution is 7.00. The monoisotopic (exact) mass is 853 g/mol. The predicted octanol–water partition coefficient (Wildman–Crippen LogP) is 15.3. The summed E-state index contributed by atoms with van der Waals surface area (Å²) < 4.78 is 0. The number of benzene rings is 7. The second kappa shape index (κ2) is 15.4. The molecule has 330 valence electrons. The predicted molar refractivity (Wildman–Crippen MR) is 284 cm³/mol. The molecule has 0 spiro atoms. The van der Waals surface area contributed by atoms with Gasteiger partial charge in [-0.3, -0.25) is 0 Å². The fourth-order valence-electron chi connectivity index (χ4n) is 10.2. The van der Waals surface area contributed by atoms with E-state index < -0.39 is 0 Å². The molecule has 7 aromatic carbocycles. The van der Waals surface area contributed by atoms with Gasteiger partial charge in [0.05, 0.1) is 5.69 Å². The van der Waals surface area contributed by atoms with Crippen molar-refractivity contribution in [3.8, 4) is 11.1 Å². The van der Waals surface area contributed by atoms with E-state index in [1.165, 1.54) is 101 Å². The van der Waals surface area contributed by atoms with Crippen molar-refractivity contribution in [2.24, 2.45) is 0 Å². The summed E-state index contributed by atoms with van der Waals surface area (Å²) in [5, 5.41) is 0. The van der Waals surface area contributed by atoms with Gasteiger partial charge in [-0.25, -0.2) is 0 Å². The first-order valence-corrected chi connectivity index (χ1v) is 23.9. The zero-order chi connectivity index (χ0) is 46.6. The summed E-state index contributed by atoms with van der Waals surface area (Å²) in [6.45, 7) is 35.0. The van der Waals surface area contributed by atoms with Gasteiger partial charge >= 0.3 is 0 Å². The van der Waals surface area contributed by atoms with Crippen LogP contribution in [0.1, 0.15) is 136 Å². The maximum Gasteiger partial charge on any atom is 0.252 e. The summed E-state index contributed by atoms with van der Waals surface area (Å²) in [4.78, 5) is 5.17. The lowest BCUT2D eigenvalue weighted by molar-refractivity contribution is 0.582. The Hall–Kier alpha value is -5.80. The van der Waals surface area contributed by atoms with Gasteiger partial charge in [0, 0.05) is 39.4 Å². The fourth-order valence-corrected chi connectivity index (χ4v) is 10.2. The fraction of sp³-hybridized carbons (Fsp3) is 0.323. The molecule has 0 bridgehead atoms. The van der Waals surface area contributed by atoms with E-state index >= 15 is 0 Å². The van der Waals surface area contributed by atoms with Crippen molar-refractivity contribution < 1.29 is 0 Å². The molecule has 0 N–H and O–H groups in total. The Morgan fingerprint density at radius 2 is 0.800 bits per heavy atom. The van der Waals surface area contributed by atoms with E-state index in [0.717, 1.165) is 0 Å². The smallest absolute Gasteiger partial charge is 0.252 e. The van der Waals surface area contributed by atoms with Crippen LogP contribution >= 0.6 is 0 Å². The van der Waals surface area contributed by atoms with Crippen LogP contribution in [-0.4, -0.2) is 6.71 Å². The molecule has 2 aliphatic rings. The third kappa shape index (κ3) is 7.83. The zero-order valence-electron chi connectivity index (χ0n) is 41.8. The molecular formula is C62H69BN2. The Morgan fingerprint density at radius 1 is 0.354 bits per heavy atom. The van der Waals surface area contributed by atoms with Crippen LogP contribution in [0.15, 0.2) is 146 Å². The SMILES string of the molecule is Cc1cc2c3c(c1)N(c1ccc(C(C)(C)c4cccc(C(C)(C)C)c4)cc1-c1ccccc1)c1ccc(C(C)(C)C)cc1B3c1cc(C(C)(C)C)ccc1N2c1ccc(C(C)(C)C)cc1. The molecule has 7 aromatic rings. The van der Waals surface area contributed by atoms with Gasteiger partial charge in [0.2, 0.25) is 0 Å². The molecule has 2 aliphatic heterocycles. The molecule has 0 saturated heterocycles. The quantitative estimate of drug-likeness (QED) is 0.159. The minimum Gasteiger partial charge on any atom is -0.311 e. The van der Waals surface area contributed by atoms with Gasteiger partial charge in [-0.1, -0.05) is 194 Å². The second-order valence-electron chi connectivity index (χ2n) is 23.7. The number of nitrogens with zero attached hydrogens (tertiary/aromatic N) is 2. The van der Waals surface area contributed by atoms with Crippen molar-refractivity contribution >= 4 is 57.2 Å². The molecule has 0 unspecified atom stereocenters. The molecule has 65 heavy (non-hydrogen) atoms. The highest BCUT2D eigenvalue weighted by Crippen LogP contribution is 2.49. The molecule has 0 radical (unpaired) electrons. The van der Waals surface area contributed by atoms with E-state index in [9.17, 15) is 0 Å². The van der Waals surface area contributed by atoms with Gasteiger partial charge in [0.1, 0.15) is 0 Å². The van der Waals surface area contributed by atoms with Crippen LogP contribution < -0.4 is 26.2 Å². The molecule has 9 rings (SSSR count). The summed E-state index contributed by atoms with van der Waals surface area (Å²) in [6, 6.07) is 56.5. The average molecular weight is 853 g/mol. The lowest BCUT2D eigenvalue weighted by atomic mass is 9.33. The van der Waals surface area contributed by atoms with Crippen LogP contribution in [0.4, 0.5) is 34.1 Å². The van der Waals surface area contributed by atoms with Gasteiger partial charge in [0.25, 0.3) is 6.71 Å². The van der Waals surface area contributed by atoms with E-state index in [1.54, 1.807) is 0 Å². The Balaban J connectivity index is 1.35. The van der Waals surface area contributed by atoms with E-state index in [0.29, 0.717) is 0 Å². The summed E-state index contributed by atoms with van der Waals surface area (Å²) in [6.07, 6.45) is 0. The van der Waals surface area contributed by atoms with Crippen molar-refractivity contribution in [1.82, 2.24) is 0 Å². The highest BCUT2D eigenvalue weighted by atomic mass is 15.2. The molecule has 0 atom stereocenters. The van der Waals surface area contributed by atoms with E-state index in [-0.39, 0.29) is 33.8 Å². The summed E-state index contributed by atoms with van der Waals surface area (Å²) in [5.74, 6) is 0. The number of hydrogen-bond donors (Lipinski definition) is 0. The average Bonchev–Trinajstić information content (AvgIpc) is 3.25. The molecule has 0 saturated carbocycles. The molecule has 0 aromatic heterocycles. The summed E-state index contributed by atoms with van der Waals surface area (Å²) >= 11 is 0. The zero-order valence-corrected chi connectivity index (χ0v) is 41.8. The molecule has 2 nitrogen and oxygen atoms in total. The van der Waals surface area contributed by atoms with Gasteiger partial charge in [-0.15, -0.1) is 0 Å². The number of anilines is 6. The normalized spacial score (nSPS) is 14.0. The van der Waals surface area contributed by atoms with E-state index in [1.807, 2.05) is 0 Å². The summed E-state index contributed by atoms with van der Waals surface area (Å²) in [5.41, 5.74) is 22.9. The molecule has 3 heteroatoms. The molecule has 0 aliphatic carbocycles. The van der Waals surface area contributed by atoms with Crippen molar-refractivity contribution in [2.75, 3.05) is 9.80 Å². The van der Waals surface area contributed by atoms with E-state index in [2.05, 4.69) is 259 Å². The van der Waals surface area contributed by atoms with Crippen LogP contribution in [0.5, 0.6) is 0 Å². The molecular weight excluding hydrogens is 784 g/mol. The minimum absolute atomic E-state index is 0.0183. The Labute approximate surface area is 391 Å². The van der Waals surface area contributed by atoms with Crippen molar-refractivity contribution in [3.05, 3.63) is 185 Å². The lowest BCUT2D eigenvalue weighted by Gasteiger charge is -2.45. The third-order valence-electron chi connectivity index (χ3n) is 14.4. The van der Waals surface area contributed by atoms with E-state index in [4.69, 9.17) is 0 Å². The molecule has 2 heterocycles. The topological polar surface area (TPSA) is 6.48 Å². The van der Waals surface area contributed by atoms with Crippen LogP contribution in [0, 0.1) is 6.92 Å². The molecule has 0 fully saturated rings. The van der Waals surface area contributed by atoms with Crippen molar-refractivity contribution in [3.63, 3.8) is 0 Å². The minimum atomic E-state index is -0.240. The van der Waals surface area contributed by atoms with Crippen LogP contribution in [0.3, 0.4) is 0 Å². The number of rotatable bonds is 5. The number of fused-ring (bicyclic) bond motifs is 4. The highest BCUT2D eigenvalue weighted by Gasteiger charge is 2.45.